The predicted octanol–water partition coefficient (Wildman–Crippen LogP) is 2.28. The van der Waals surface area contributed by atoms with Crippen LogP contribution in [0.2, 0.25) is 0 Å². The topological polar surface area (TPSA) is 90.9 Å². The van der Waals surface area contributed by atoms with Crippen LogP contribution in [0.25, 0.3) is 0 Å². The van der Waals surface area contributed by atoms with E-state index in [2.05, 4.69) is 10.6 Å². The van der Waals surface area contributed by atoms with E-state index in [-0.39, 0.29) is 19.0 Å². The number of anilines is 2. The van der Waals surface area contributed by atoms with Gasteiger partial charge in [0.1, 0.15) is 5.60 Å². The standard InChI is InChI=1S/C20H29N3O4/c1-20(2,3)27-19(26)22-11-16(24)10-21-15-6-7-17-14(8-15)9-18(25)23(17)12-13-4-5-13/h6-8,13,16,21,24H,4-5,9-12H2,1-3H3,(H,22,26). The molecule has 2 aliphatic rings. The Morgan fingerprint density at radius 1 is 1.33 bits per heavy atom. The molecule has 7 nitrogen and oxygen atoms in total. The van der Waals surface area contributed by atoms with Gasteiger partial charge in [0.25, 0.3) is 0 Å². The molecule has 0 aromatic heterocycles. The molecule has 1 fully saturated rings. The first kappa shape index (κ1) is 19.5. The van der Waals surface area contributed by atoms with Crippen LogP contribution in [0, 0.1) is 5.92 Å². The lowest BCUT2D eigenvalue weighted by molar-refractivity contribution is -0.117. The number of fused-ring (bicyclic) bond motifs is 1. The maximum absolute atomic E-state index is 12.2. The number of nitrogens with zero attached hydrogens (tertiary/aromatic N) is 1. The Bertz CT molecular complexity index is 710. The van der Waals surface area contributed by atoms with E-state index in [1.807, 2.05) is 23.1 Å². The minimum Gasteiger partial charge on any atom is -0.444 e. The number of carbonyl (C=O) groups excluding carboxylic acids is 2. The second-order valence-electron chi connectivity index (χ2n) is 8.39. The molecule has 3 N–H and O–H groups in total. The van der Waals surface area contributed by atoms with Gasteiger partial charge in [0.05, 0.1) is 12.5 Å². The number of benzene rings is 1. The molecule has 1 aliphatic heterocycles. The van der Waals surface area contributed by atoms with Crippen LogP contribution in [0.4, 0.5) is 16.2 Å². The second-order valence-corrected chi connectivity index (χ2v) is 8.39. The number of nitrogens with one attached hydrogen (secondary N) is 2. The summed E-state index contributed by atoms with van der Waals surface area (Å²) < 4.78 is 5.14. The number of hydrogen-bond donors (Lipinski definition) is 3. The van der Waals surface area contributed by atoms with Gasteiger partial charge in [-0.25, -0.2) is 4.79 Å². The Balaban J connectivity index is 1.47. The van der Waals surface area contributed by atoms with Crippen molar-refractivity contribution >= 4 is 23.4 Å². The molecule has 1 saturated carbocycles. The summed E-state index contributed by atoms with van der Waals surface area (Å²) in [5, 5.41) is 15.8. The van der Waals surface area contributed by atoms with E-state index >= 15 is 0 Å². The molecule has 7 heteroatoms. The van der Waals surface area contributed by atoms with E-state index in [1.54, 1.807) is 20.8 Å². The molecular weight excluding hydrogens is 346 g/mol. The highest BCUT2D eigenvalue weighted by molar-refractivity contribution is 6.01. The molecule has 3 rings (SSSR count). The number of carbonyl (C=O) groups is 2. The quantitative estimate of drug-likeness (QED) is 0.680. The monoisotopic (exact) mass is 375 g/mol. The van der Waals surface area contributed by atoms with Crippen LogP contribution >= 0.6 is 0 Å². The van der Waals surface area contributed by atoms with Gasteiger partial charge in [-0.3, -0.25) is 4.79 Å². The summed E-state index contributed by atoms with van der Waals surface area (Å²) in [4.78, 5) is 25.7. The molecule has 2 amide bonds. The lowest BCUT2D eigenvalue weighted by Crippen LogP contribution is -2.39. The molecule has 1 aromatic rings. The van der Waals surface area contributed by atoms with Gasteiger partial charge in [0.2, 0.25) is 5.91 Å². The maximum atomic E-state index is 12.2. The first-order valence-corrected chi connectivity index (χ1v) is 9.53. The zero-order valence-corrected chi connectivity index (χ0v) is 16.2. The number of hydrogen-bond acceptors (Lipinski definition) is 5. The van der Waals surface area contributed by atoms with Crippen molar-refractivity contribution < 1.29 is 19.4 Å². The highest BCUT2D eigenvalue weighted by Crippen LogP contribution is 2.36. The van der Waals surface area contributed by atoms with Gasteiger partial charge in [-0.05, 0) is 63.3 Å². The molecule has 1 aromatic carbocycles. The predicted molar refractivity (Wildman–Crippen MR) is 104 cm³/mol. The lowest BCUT2D eigenvalue weighted by atomic mass is 10.1. The number of amides is 2. The van der Waals surface area contributed by atoms with Gasteiger partial charge in [0, 0.05) is 31.0 Å². The third-order valence-electron chi connectivity index (χ3n) is 4.57. The Hall–Kier alpha value is -2.28. The third kappa shape index (κ3) is 5.60. The fourth-order valence-corrected chi connectivity index (χ4v) is 3.08. The molecule has 1 heterocycles. The van der Waals surface area contributed by atoms with Gasteiger partial charge in [-0.15, -0.1) is 0 Å². The van der Waals surface area contributed by atoms with E-state index < -0.39 is 17.8 Å². The molecule has 1 aliphatic carbocycles. The van der Waals surface area contributed by atoms with Crippen LogP contribution in [0.15, 0.2) is 18.2 Å². The first-order valence-electron chi connectivity index (χ1n) is 9.53. The van der Waals surface area contributed by atoms with E-state index in [1.165, 1.54) is 12.8 Å². The van der Waals surface area contributed by atoms with Crippen LogP contribution in [0.1, 0.15) is 39.2 Å². The van der Waals surface area contributed by atoms with Crippen LogP contribution in [0.5, 0.6) is 0 Å². The smallest absolute Gasteiger partial charge is 0.407 e. The summed E-state index contributed by atoms with van der Waals surface area (Å²) in [6, 6.07) is 5.86. The van der Waals surface area contributed by atoms with Gasteiger partial charge >= 0.3 is 6.09 Å². The summed E-state index contributed by atoms with van der Waals surface area (Å²) in [6.07, 6.45) is 1.56. The number of alkyl carbamates (subject to hydrolysis) is 1. The summed E-state index contributed by atoms with van der Waals surface area (Å²) in [6.45, 7) is 6.57. The Kier molecular flexibility index (Phi) is 5.60. The zero-order valence-electron chi connectivity index (χ0n) is 16.2. The normalized spacial score (nSPS) is 17.5. The van der Waals surface area contributed by atoms with Crippen LogP contribution in [-0.4, -0.2) is 48.4 Å². The van der Waals surface area contributed by atoms with Crippen molar-refractivity contribution in [3.8, 4) is 0 Å². The molecule has 27 heavy (non-hydrogen) atoms. The second kappa shape index (κ2) is 7.76. The van der Waals surface area contributed by atoms with Crippen LogP contribution < -0.4 is 15.5 Å². The molecule has 0 bridgehead atoms. The average Bonchev–Trinajstić information content (AvgIpc) is 3.33. The van der Waals surface area contributed by atoms with E-state index in [0.29, 0.717) is 12.3 Å². The van der Waals surface area contributed by atoms with Crippen molar-refractivity contribution in [2.24, 2.45) is 5.92 Å². The molecule has 148 valence electrons. The molecule has 1 unspecified atom stereocenters. The van der Waals surface area contributed by atoms with Crippen molar-refractivity contribution in [1.82, 2.24) is 5.32 Å². The molecular formula is C20H29N3O4. The largest absolute Gasteiger partial charge is 0.444 e. The van der Waals surface area contributed by atoms with Gasteiger partial charge in [-0.1, -0.05) is 0 Å². The molecule has 1 atom stereocenters. The van der Waals surface area contributed by atoms with Gasteiger partial charge < -0.3 is 25.4 Å². The molecule has 0 spiro atoms. The summed E-state index contributed by atoms with van der Waals surface area (Å²) in [7, 11) is 0. The van der Waals surface area contributed by atoms with Crippen molar-refractivity contribution in [3.63, 3.8) is 0 Å². The maximum Gasteiger partial charge on any atom is 0.407 e. The number of aliphatic hydroxyl groups excluding tert-OH is 1. The summed E-state index contributed by atoms with van der Waals surface area (Å²) in [5.41, 5.74) is 2.31. The zero-order chi connectivity index (χ0) is 19.6. The fourth-order valence-electron chi connectivity index (χ4n) is 3.08. The van der Waals surface area contributed by atoms with Crippen molar-refractivity contribution in [2.45, 2.75) is 51.7 Å². The fraction of sp³-hybridized carbons (Fsp3) is 0.600. The van der Waals surface area contributed by atoms with Crippen LogP contribution in [0.3, 0.4) is 0 Å². The highest BCUT2D eigenvalue weighted by Gasteiger charge is 2.32. The molecule has 0 saturated heterocycles. The van der Waals surface area contributed by atoms with Crippen LogP contribution in [-0.2, 0) is 16.0 Å². The van der Waals surface area contributed by atoms with Crippen molar-refractivity contribution in [1.29, 1.82) is 0 Å². The SMILES string of the molecule is CC(C)(C)OC(=O)NCC(O)CNc1ccc2c(c1)CC(=O)N2CC1CC1. The Morgan fingerprint density at radius 2 is 2.07 bits per heavy atom. The summed E-state index contributed by atoms with van der Waals surface area (Å²) >= 11 is 0. The number of rotatable bonds is 7. The average molecular weight is 375 g/mol. The molecule has 0 radical (unpaired) electrons. The minimum atomic E-state index is -0.751. The number of aliphatic hydroxyl groups is 1. The van der Waals surface area contributed by atoms with Gasteiger partial charge in [-0.2, -0.15) is 0 Å². The Morgan fingerprint density at radius 3 is 2.74 bits per heavy atom. The lowest BCUT2D eigenvalue weighted by Gasteiger charge is -2.21. The third-order valence-corrected chi connectivity index (χ3v) is 4.57. The number of ether oxygens (including phenoxy) is 1. The summed E-state index contributed by atoms with van der Waals surface area (Å²) in [5.74, 6) is 0.820. The van der Waals surface area contributed by atoms with E-state index in [9.17, 15) is 14.7 Å². The minimum absolute atomic E-state index is 0.0977. The van der Waals surface area contributed by atoms with E-state index in [4.69, 9.17) is 4.74 Å². The van der Waals surface area contributed by atoms with Crippen molar-refractivity contribution in [3.05, 3.63) is 23.8 Å². The van der Waals surface area contributed by atoms with E-state index in [0.717, 1.165) is 23.5 Å². The first-order chi connectivity index (χ1) is 12.7. The van der Waals surface area contributed by atoms with Crippen molar-refractivity contribution in [2.75, 3.05) is 29.9 Å². The Labute approximate surface area is 160 Å². The highest BCUT2D eigenvalue weighted by atomic mass is 16.6. The van der Waals surface area contributed by atoms with Gasteiger partial charge in [0.15, 0.2) is 0 Å².